The lowest BCUT2D eigenvalue weighted by Gasteiger charge is -2.11. The van der Waals surface area contributed by atoms with Gasteiger partial charge in [-0.2, -0.15) is 0 Å². The van der Waals surface area contributed by atoms with Gasteiger partial charge in [0, 0.05) is 6.07 Å². The first kappa shape index (κ1) is 20.2. The van der Waals surface area contributed by atoms with Gasteiger partial charge in [-0.15, -0.1) is 0 Å². The van der Waals surface area contributed by atoms with Gasteiger partial charge in [-0.25, -0.2) is 0 Å². The topological polar surface area (TPSA) is 18.5 Å². The molecule has 0 bridgehead atoms. The Bertz CT molecular complexity index is 407. The van der Waals surface area contributed by atoms with Gasteiger partial charge >= 0.3 is 0 Å². The molecule has 1 aromatic rings. The SMILES string of the molecule is CCCCCCCOc1ccc(OCCCCCCC)c(Cl)c1. The lowest BCUT2D eigenvalue weighted by Crippen LogP contribution is -2.00. The van der Waals surface area contributed by atoms with E-state index in [1.165, 1.54) is 51.4 Å². The molecule has 0 radical (unpaired) electrons. The average Bonchev–Trinajstić information content (AvgIpc) is 2.55. The quantitative estimate of drug-likeness (QED) is 0.338. The Balaban J connectivity index is 2.20. The number of ether oxygens (including phenoxy) is 2. The fourth-order valence-corrected chi connectivity index (χ4v) is 2.70. The zero-order chi connectivity index (χ0) is 16.8. The molecule has 0 aromatic heterocycles. The summed E-state index contributed by atoms with van der Waals surface area (Å²) < 4.78 is 11.5. The number of unbranched alkanes of at least 4 members (excludes halogenated alkanes) is 8. The highest BCUT2D eigenvalue weighted by Crippen LogP contribution is 2.29. The third kappa shape index (κ3) is 9.76. The summed E-state index contributed by atoms with van der Waals surface area (Å²) in [6.07, 6.45) is 12.4. The molecule has 0 spiro atoms. The Kier molecular flexibility index (Phi) is 11.9. The van der Waals surface area contributed by atoms with E-state index in [0.29, 0.717) is 5.02 Å². The van der Waals surface area contributed by atoms with Gasteiger partial charge in [0.25, 0.3) is 0 Å². The molecule has 1 rings (SSSR count). The molecule has 0 saturated heterocycles. The predicted octanol–water partition coefficient (Wildman–Crippen LogP) is 7.04. The molecule has 0 aliphatic carbocycles. The zero-order valence-electron chi connectivity index (χ0n) is 14.9. The second-order valence-electron chi connectivity index (χ2n) is 6.12. The molecular formula is C20H33ClO2. The Labute approximate surface area is 147 Å². The normalized spacial score (nSPS) is 10.7. The predicted molar refractivity (Wildman–Crippen MR) is 100.0 cm³/mol. The summed E-state index contributed by atoms with van der Waals surface area (Å²) >= 11 is 6.27. The first-order valence-corrected chi connectivity index (χ1v) is 9.70. The molecule has 0 fully saturated rings. The maximum atomic E-state index is 6.27. The molecule has 0 aliphatic heterocycles. The summed E-state index contributed by atoms with van der Waals surface area (Å²) in [5, 5.41) is 0.641. The van der Waals surface area contributed by atoms with Crippen LogP contribution >= 0.6 is 11.6 Å². The molecule has 132 valence electrons. The summed E-state index contributed by atoms with van der Waals surface area (Å²) in [7, 11) is 0. The van der Waals surface area contributed by atoms with E-state index in [9.17, 15) is 0 Å². The molecular weight excluding hydrogens is 308 g/mol. The fourth-order valence-electron chi connectivity index (χ4n) is 2.47. The third-order valence-corrected chi connectivity index (χ3v) is 4.22. The van der Waals surface area contributed by atoms with Crippen LogP contribution in [0, 0.1) is 0 Å². The van der Waals surface area contributed by atoms with E-state index in [2.05, 4.69) is 13.8 Å². The number of halogens is 1. The Morgan fingerprint density at radius 3 is 1.87 bits per heavy atom. The van der Waals surface area contributed by atoms with E-state index < -0.39 is 0 Å². The highest BCUT2D eigenvalue weighted by atomic mass is 35.5. The van der Waals surface area contributed by atoms with Gasteiger partial charge in [0.05, 0.1) is 18.2 Å². The summed E-state index contributed by atoms with van der Waals surface area (Å²) in [5.41, 5.74) is 0. The molecule has 3 heteroatoms. The Morgan fingerprint density at radius 2 is 1.30 bits per heavy atom. The van der Waals surface area contributed by atoms with Gasteiger partial charge in [-0.3, -0.25) is 0 Å². The minimum atomic E-state index is 0.641. The molecule has 2 nitrogen and oxygen atoms in total. The number of rotatable bonds is 14. The summed E-state index contributed by atoms with van der Waals surface area (Å²) in [4.78, 5) is 0. The summed E-state index contributed by atoms with van der Waals surface area (Å²) in [6.45, 7) is 5.96. The van der Waals surface area contributed by atoms with Crippen LogP contribution in [0.25, 0.3) is 0 Å². The van der Waals surface area contributed by atoms with E-state index in [4.69, 9.17) is 21.1 Å². The van der Waals surface area contributed by atoms with Crippen molar-refractivity contribution < 1.29 is 9.47 Å². The van der Waals surface area contributed by atoms with Crippen LogP contribution in [-0.2, 0) is 0 Å². The van der Waals surface area contributed by atoms with Gasteiger partial charge in [0.1, 0.15) is 11.5 Å². The van der Waals surface area contributed by atoms with E-state index in [1.54, 1.807) is 0 Å². The van der Waals surface area contributed by atoms with Gasteiger partial charge in [0.15, 0.2) is 0 Å². The van der Waals surface area contributed by atoms with Crippen LogP contribution in [0.2, 0.25) is 5.02 Å². The maximum absolute atomic E-state index is 6.27. The minimum Gasteiger partial charge on any atom is -0.494 e. The van der Waals surface area contributed by atoms with E-state index in [1.807, 2.05) is 18.2 Å². The molecule has 0 unspecified atom stereocenters. The van der Waals surface area contributed by atoms with E-state index in [0.717, 1.165) is 37.6 Å². The molecule has 0 amide bonds. The number of benzene rings is 1. The van der Waals surface area contributed by atoms with Crippen molar-refractivity contribution in [1.82, 2.24) is 0 Å². The second-order valence-corrected chi connectivity index (χ2v) is 6.52. The van der Waals surface area contributed by atoms with Crippen LogP contribution in [-0.4, -0.2) is 13.2 Å². The Morgan fingerprint density at radius 1 is 0.739 bits per heavy atom. The summed E-state index contributed by atoms with van der Waals surface area (Å²) in [5.74, 6) is 1.60. The lowest BCUT2D eigenvalue weighted by atomic mass is 10.2. The smallest absolute Gasteiger partial charge is 0.138 e. The lowest BCUT2D eigenvalue weighted by molar-refractivity contribution is 0.296. The zero-order valence-corrected chi connectivity index (χ0v) is 15.7. The van der Waals surface area contributed by atoms with Crippen LogP contribution in [0.3, 0.4) is 0 Å². The molecule has 0 atom stereocenters. The van der Waals surface area contributed by atoms with Crippen LogP contribution < -0.4 is 9.47 Å². The van der Waals surface area contributed by atoms with Crippen molar-refractivity contribution in [2.45, 2.75) is 78.1 Å². The highest BCUT2D eigenvalue weighted by Gasteiger charge is 2.04. The molecule has 0 heterocycles. The average molecular weight is 341 g/mol. The van der Waals surface area contributed by atoms with Gasteiger partial charge in [-0.1, -0.05) is 76.8 Å². The van der Waals surface area contributed by atoms with Crippen LogP contribution in [0.5, 0.6) is 11.5 Å². The van der Waals surface area contributed by atoms with Gasteiger partial charge in [0.2, 0.25) is 0 Å². The van der Waals surface area contributed by atoms with Crippen LogP contribution in [0.15, 0.2) is 18.2 Å². The van der Waals surface area contributed by atoms with Gasteiger partial charge in [-0.05, 0) is 25.0 Å². The molecule has 1 aromatic carbocycles. The van der Waals surface area contributed by atoms with Crippen LogP contribution in [0.4, 0.5) is 0 Å². The maximum Gasteiger partial charge on any atom is 0.138 e. The second kappa shape index (κ2) is 13.5. The van der Waals surface area contributed by atoms with E-state index in [-0.39, 0.29) is 0 Å². The first-order chi connectivity index (χ1) is 11.3. The van der Waals surface area contributed by atoms with Crippen molar-refractivity contribution in [3.05, 3.63) is 23.2 Å². The minimum absolute atomic E-state index is 0.641. The molecule has 0 aliphatic rings. The largest absolute Gasteiger partial charge is 0.494 e. The van der Waals surface area contributed by atoms with Crippen LogP contribution in [0.1, 0.15) is 78.1 Å². The monoisotopic (exact) mass is 340 g/mol. The standard InChI is InChI=1S/C20H33ClO2/c1-3-5-7-9-11-15-22-18-13-14-20(19(21)17-18)23-16-12-10-8-6-4-2/h13-14,17H,3-12,15-16H2,1-2H3. The molecule has 0 N–H and O–H groups in total. The van der Waals surface area contributed by atoms with Crippen molar-refractivity contribution in [1.29, 1.82) is 0 Å². The molecule has 0 saturated carbocycles. The van der Waals surface area contributed by atoms with Gasteiger partial charge < -0.3 is 9.47 Å². The first-order valence-electron chi connectivity index (χ1n) is 9.33. The summed E-state index contributed by atoms with van der Waals surface area (Å²) in [6, 6.07) is 5.73. The molecule has 23 heavy (non-hydrogen) atoms. The van der Waals surface area contributed by atoms with E-state index >= 15 is 0 Å². The third-order valence-electron chi connectivity index (χ3n) is 3.93. The fraction of sp³-hybridized carbons (Fsp3) is 0.700. The van der Waals surface area contributed by atoms with Crippen molar-refractivity contribution in [2.75, 3.05) is 13.2 Å². The number of hydrogen-bond acceptors (Lipinski definition) is 2. The van der Waals surface area contributed by atoms with Crippen molar-refractivity contribution in [3.8, 4) is 11.5 Å². The number of hydrogen-bond donors (Lipinski definition) is 0. The van der Waals surface area contributed by atoms with Crippen molar-refractivity contribution in [3.63, 3.8) is 0 Å². The highest BCUT2D eigenvalue weighted by molar-refractivity contribution is 6.32. The van der Waals surface area contributed by atoms with Crippen molar-refractivity contribution in [2.24, 2.45) is 0 Å². The Hall–Kier alpha value is -0.890. The van der Waals surface area contributed by atoms with Crippen molar-refractivity contribution >= 4 is 11.6 Å².